The van der Waals surface area contributed by atoms with Gasteiger partial charge in [0.05, 0.1) is 0 Å². The van der Waals surface area contributed by atoms with Gasteiger partial charge in [0.1, 0.15) is 11.5 Å². The summed E-state index contributed by atoms with van der Waals surface area (Å²) in [5.74, 6) is 1.58. The number of hydrogen-bond acceptors (Lipinski definition) is 5. The molecule has 0 fully saturated rings. The molecule has 0 unspecified atom stereocenters. The fourth-order valence-corrected chi connectivity index (χ4v) is 3.76. The van der Waals surface area contributed by atoms with Crippen LogP contribution in [0.25, 0.3) is 0 Å². The van der Waals surface area contributed by atoms with Crippen molar-refractivity contribution < 1.29 is 14.3 Å². The Bertz CT molecular complexity index is 986. The van der Waals surface area contributed by atoms with Gasteiger partial charge in [-0.25, -0.2) is 0 Å². The summed E-state index contributed by atoms with van der Waals surface area (Å²) in [6.07, 6.45) is 0.250. The molecule has 3 aromatic rings. The molecule has 1 aliphatic heterocycles. The van der Waals surface area contributed by atoms with E-state index in [-0.39, 0.29) is 11.6 Å². The molecule has 5 heteroatoms. The Morgan fingerprint density at radius 2 is 1.30 bits per heavy atom. The van der Waals surface area contributed by atoms with Gasteiger partial charge in [0.15, 0.2) is 0 Å². The monoisotopic (exact) mass is 360 g/mol. The highest BCUT2D eigenvalue weighted by Crippen LogP contribution is 2.52. The van der Waals surface area contributed by atoms with Crippen LogP contribution in [0, 0.1) is 6.92 Å². The lowest BCUT2D eigenvalue weighted by Crippen LogP contribution is -2.30. The number of hydrogen-bond donors (Lipinski definition) is 2. The lowest BCUT2D eigenvalue weighted by atomic mass is 9.68. The van der Waals surface area contributed by atoms with Gasteiger partial charge >= 0.3 is 6.15 Å². The van der Waals surface area contributed by atoms with E-state index in [4.69, 9.17) is 25.8 Å². The third kappa shape index (κ3) is 3.05. The topological polar surface area (TPSA) is 95.4 Å². The zero-order valence-electron chi connectivity index (χ0n) is 15.2. The highest BCUT2D eigenvalue weighted by molar-refractivity contribution is 5.67. The largest absolute Gasteiger partial charge is 0.457 e. The normalized spacial score (nSPS) is 13.1. The van der Waals surface area contributed by atoms with Gasteiger partial charge in [-0.3, -0.25) is 0 Å². The first-order valence-corrected chi connectivity index (χ1v) is 8.45. The van der Waals surface area contributed by atoms with Crippen LogP contribution in [-0.4, -0.2) is 6.15 Å². The van der Waals surface area contributed by atoms with Crippen molar-refractivity contribution in [2.45, 2.75) is 19.3 Å². The second-order valence-electron chi connectivity index (χ2n) is 6.64. The maximum absolute atomic E-state index is 8.12. The van der Waals surface area contributed by atoms with Crippen LogP contribution in [0.3, 0.4) is 0 Å². The Hall–Kier alpha value is -3.56. The number of nitrogen functional groups attached to an aromatic ring is 2. The van der Waals surface area contributed by atoms with Gasteiger partial charge < -0.3 is 16.2 Å². The van der Waals surface area contributed by atoms with Crippen LogP contribution in [0.2, 0.25) is 0 Å². The number of ether oxygens (including phenoxy) is 1. The minimum Gasteiger partial charge on any atom is -0.457 e. The van der Waals surface area contributed by atoms with E-state index < -0.39 is 0 Å². The summed E-state index contributed by atoms with van der Waals surface area (Å²) in [5, 5.41) is 0. The summed E-state index contributed by atoms with van der Waals surface area (Å²) < 4.78 is 6.14. The van der Waals surface area contributed by atoms with Crippen LogP contribution in [0.4, 0.5) is 11.4 Å². The van der Waals surface area contributed by atoms with Crippen LogP contribution in [0.5, 0.6) is 11.5 Å². The van der Waals surface area contributed by atoms with Gasteiger partial charge in [0.2, 0.25) is 0 Å². The van der Waals surface area contributed by atoms with E-state index in [1.54, 1.807) is 0 Å². The molecule has 3 aromatic carbocycles. The van der Waals surface area contributed by atoms with E-state index >= 15 is 0 Å². The number of carbonyl (C=O) groups excluding carboxylic acids is 2. The molecular weight excluding hydrogens is 340 g/mol. The molecule has 4 N–H and O–H groups in total. The molecule has 1 aliphatic rings. The fourth-order valence-electron chi connectivity index (χ4n) is 3.76. The predicted octanol–water partition coefficient (Wildman–Crippen LogP) is 4.04. The third-order valence-electron chi connectivity index (χ3n) is 4.99. The van der Waals surface area contributed by atoms with E-state index in [9.17, 15) is 0 Å². The zero-order chi connectivity index (χ0) is 19.6. The molecule has 27 heavy (non-hydrogen) atoms. The molecule has 0 amide bonds. The molecule has 0 atom stereocenters. The molecule has 136 valence electrons. The van der Waals surface area contributed by atoms with Crippen LogP contribution >= 0.6 is 0 Å². The molecule has 0 saturated carbocycles. The molecule has 0 bridgehead atoms. The van der Waals surface area contributed by atoms with Crippen LogP contribution < -0.4 is 16.2 Å². The molecular formula is C22H20N2O3. The highest BCUT2D eigenvalue weighted by Gasteiger charge is 2.40. The Morgan fingerprint density at radius 1 is 0.815 bits per heavy atom. The number of fused-ring (bicyclic) bond motifs is 2. The lowest BCUT2D eigenvalue weighted by molar-refractivity contribution is -0.191. The van der Waals surface area contributed by atoms with Crippen molar-refractivity contribution in [3.05, 3.63) is 82.9 Å². The Morgan fingerprint density at radius 3 is 1.78 bits per heavy atom. The van der Waals surface area contributed by atoms with E-state index in [1.807, 2.05) is 24.3 Å². The Balaban J connectivity index is 0.000000659. The fraction of sp³-hybridized carbons (Fsp3) is 0.136. The van der Waals surface area contributed by atoms with Crippen molar-refractivity contribution in [3.8, 4) is 11.5 Å². The van der Waals surface area contributed by atoms with Crippen molar-refractivity contribution in [1.29, 1.82) is 0 Å². The average Bonchev–Trinajstić information content (AvgIpc) is 2.62. The van der Waals surface area contributed by atoms with Gasteiger partial charge in [-0.05, 0) is 37.1 Å². The second-order valence-corrected chi connectivity index (χ2v) is 6.64. The number of rotatable bonds is 1. The minimum absolute atomic E-state index is 0.250. The van der Waals surface area contributed by atoms with E-state index in [0.717, 1.165) is 22.6 Å². The quantitative estimate of drug-likeness (QED) is 0.639. The molecule has 4 rings (SSSR count). The first-order valence-electron chi connectivity index (χ1n) is 8.45. The zero-order valence-corrected chi connectivity index (χ0v) is 15.2. The van der Waals surface area contributed by atoms with Crippen LogP contribution in [0.1, 0.15) is 29.2 Å². The summed E-state index contributed by atoms with van der Waals surface area (Å²) in [6.45, 7) is 4.38. The molecule has 0 aromatic heterocycles. The van der Waals surface area contributed by atoms with Crippen molar-refractivity contribution in [2.24, 2.45) is 0 Å². The first-order chi connectivity index (χ1) is 12.9. The summed E-state index contributed by atoms with van der Waals surface area (Å²) in [6, 6.07) is 20.2. The molecule has 0 radical (unpaired) electrons. The molecule has 1 heterocycles. The smallest absolute Gasteiger partial charge is 0.373 e. The number of anilines is 2. The second kappa shape index (κ2) is 6.98. The SMILES string of the molecule is Cc1ccccc1C1(C)c2ccc(N)cc2Oc2cc(N)ccc21.O=C=O. The molecule has 0 aliphatic carbocycles. The average molecular weight is 360 g/mol. The van der Waals surface area contributed by atoms with Crippen molar-refractivity contribution in [1.82, 2.24) is 0 Å². The standard InChI is InChI=1S/C21H20N2O.CO2/c1-13-5-3-4-6-16(13)21(2)17-9-7-14(22)11-19(17)24-20-12-15(23)8-10-18(20)21;2-1-3/h3-12H,22-23H2,1-2H3;. The first kappa shape index (κ1) is 18.2. The number of nitrogens with two attached hydrogens (primary N) is 2. The van der Waals surface area contributed by atoms with Gasteiger partial charge in [-0.15, -0.1) is 0 Å². The summed E-state index contributed by atoms with van der Waals surface area (Å²) in [5.41, 5.74) is 17.7. The van der Waals surface area contributed by atoms with Crippen LogP contribution in [0.15, 0.2) is 60.7 Å². The van der Waals surface area contributed by atoms with Gasteiger partial charge in [-0.1, -0.05) is 36.4 Å². The third-order valence-corrected chi connectivity index (χ3v) is 4.99. The number of benzene rings is 3. The molecule has 0 saturated heterocycles. The lowest BCUT2D eigenvalue weighted by Gasteiger charge is -2.39. The van der Waals surface area contributed by atoms with E-state index in [1.165, 1.54) is 11.1 Å². The predicted molar refractivity (Wildman–Crippen MR) is 104 cm³/mol. The Kier molecular flexibility index (Phi) is 4.72. The summed E-state index contributed by atoms with van der Waals surface area (Å²) in [4.78, 5) is 16.2. The summed E-state index contributed by atoms with van der Waals surface area (Å²) in [7, 11) is 0. The maximum atomic E-state index is 8.12. The molecule has 0 spiro atoms. The summed E-state index contributed by atoms with van der Waals surface area (Å²) >= 11 is 0. The van der Waals surface area contributed by atoms with Crippen molar-refractivity contribution in [3.63, 3.8) is 0 Å². The van der Waals surface area contributed by atoms with Crippen molar-refractivity contribution >= 4 is 17.5 Å². The van der Waals surface area contributed by atoms with E-state index in [2.05, 4.69) is 50.2 Å². The minimum atomic E-state index is -0.324. The Labute approximate surface area is 157 Å². The van der Waals surface area contributed by atoms with Gasteiger partial charge in [-0.2, -0.15) is 9.59 Å². The van der Waals surface area contributed by atoms with Crippen molar-refractivity contribution in [2.75, 3.05) is 11.5 Å². The van der Waals surface area contributed by atoms with Gasteiger partial charge in [0.25, 0.3) is 0 Å². The maximum Gasteiger partial charge on any atom is 0.373 e. The molecule has 5 nitrogen and oxygen atoms in total. The highest BCUT2D eigenvalue weighted by atomic mass is 16.5. The van der Waals surface area contributed by atoms with E-state index in [0.29, 0.717) is 11.4 Å². The van der Waals surface area contributed by atoms with Crippen LogP contribution in [-0.2, 0) is 15.0 Å². The van der Waals surface area contributed by atoms with Gasteiger partial charge in [0, 0.05) is 40.0 Å². The number of aryl methyl sites for hydroxylation is 1.